The molecule has 0 N–H and O–H groups in total. The molecular weight excluding hydrogens is 635 g/mol. The molecule has 0 unspecified atom stereocenters. The minimum Gasteiger partial charge on any atom is -0.457 e. The van der Waals surface area contributed by atoms with E-state index in [1.54, 1.807) is 0 Å². The maximum atomic E-state index is 7.34. The number of para-hydroxylation sites is 6. The number of nitrogens with zero attached hydrogens (tertiary/aromatic N) is 1. The monoisotopic (exact) mass is 665 g/mol. The van der Waals surface area contributed by atoms with Crippen molar-refractivity contribution in [3.8, 4) is 50.9 Å². The molecule has 0 aliphatic carbocycles. The number of aromatic nitrogens is 1. The molecule has 52 heavy (non-hydrogen) atoms. The van der Waals surface area contributed by atoms with Crippen LogP contribution in [0, 0.1) is 0 Å². The summed E-state index contributed by atoms with van der Waals surface area (Å²) in [5.41, 5.74) is 11.5. The summed E-state index contributed by atoms with van der Waals surface area (Å²) in [5, 5.41) is 2.45. The van der Waals surface area contributed by atoms with E-state index >= 15 is 0 Å². The van der Waals surface area contributed by atoms with Crippen molar-refractivity contribution in [3.05, 3.63) is 210 Å². The largest absolute Gasteiger partial charge is 0.457 e. The van der Waals surface area contributed by atoms with E-state index in [1.165, 1.54) is 16.3 Å². The molecule has 3 heterocycles. The van der Waals surface area contributed by atoms with Crippen LogP contribution in [0.5, 0.6) is 23.0 Å². The Hall–Kier alpha value is -6.84. The predicted molar refractivity (Wildman–Crippen MR) is 210 cm³/mol. The number of benzene rings is 8. The summed E-state index contributed by atoms with van der Waals surface area (Å²) < 4.78 is 16.4. The van der Waals surface area contributed by atoms with E-state index in [0.29, 0.717) is 0 Å². The number of rotatable bonds is 3. The molecule has 1 spiro atoms. The van der Waals surface area contributed by atoms with Crippen LogP contribution < -0.4 is 9.47 Å². The maximum absolute atomic E-state index is 7.34. The van der Waals surface area contributed by atoms with Crippen LogP contribution in [0.3, 0.4) is 0 Å². The minimum absolute atomic E-state index is 0.696. The summed E-state index contributed by atoms with van der Waals surface area (Å²) in [6.07, 6.45) is 0. The second-order valence-corrected chi connectivity index (χ2v) is 13.6. The van der Waals surface area contributed by atoms with Crippen LogP contribution >= 0.6 is 0 Å². The molecule has 11 rings (SSSR count). The van der Waals surface area contributed by atoms with Crippen LogP contribution in [-0.4, -0.2) is 4.57 Å². The van der Waals surface area contributed by atoms with Crippen LogP contribution in [0.1, 0.15) is 22.3 Å². The lowest BCUT2D eigenvalue weighted by molar-refractivity contribution is 0.401. The molecule has 9 aromatic rings. The highest BCUT2D eigenvalue weighted by molar-refractivity contribution is 6.10. The van der Waals surface area contributed by atoms with E-state index in [9.17, 15) is 0 Å². The molecule has 244 valence electrons. The van der Waals surface area contributed by atoms with Crippen LogP contribution in [0.4, 0.5) is 0 Å². The molecule has 0 amide bonds. The van der Waals surface area contributed by atoms with Crippen LogP contribution in [0.2, 0.25) is 0 Å². The van der Waals surface area contributed by atoms with Gasteiger partial charge in [-0.25, -0.2) is 0 Å². The van der Waals surface area contributed by atoms with Crippen molar-refractivity contribution < 1.29 is 9.47 Å². The van der Waals surface area contributed by atoms with Gasteiger partial charge in [0.1, 0.15) is 23.0 Å². The van der Waals surface area contributed by atoms with Gasteiger partial charge in [0.05, 0.1) is 16.4 Å². The fourth-order valence-electron chi connectivity index (χ4n) is 8.77. The first-order chi connectivity index (χ1) is 25.8. The molecule has 0 radical (unpaired) electrons. The molecule has 3 heteroatoms. The zero-order valence-corrected chi connectivity index (χ0v) is 28.2. The molecule has 0 bridgehead atoms. The van der Waals surface area contributed by atoms with Gasteiger partial charge < -0.3 is 14.0 Å². The zero-order valence-electron chi connectivity index (χ0n) is 28.2. The van der Waals surface area contributed by atoms with Gasteiger partial charge in [-0.05, 0) is 47.5 Å². The molecular formula is C49H31NO2. The number of ether oxygens (including phenoxy) is 2. The Labute approximate surface area is 301 Å². The highest BCUT2D eigenvalue weighted by Gasteiger charge is 2.51. The van der Waals surface area contributed by atoms with Gasteiger partial charge in [0.25, 0.3) is 0 Å². The SMILES string of the molecule is c1ccc(-c2cccc3c2Oc2c(-c4ccc5c6ccccc6n(-c6ccccc6)c5c4)cccc2C32c3ccccc3Oc3ccccc32)cc1. The first-order valence-electron chi connectivity index (χ1n) is 17.8. The maximum Gasteiger partial charge on any atom is 0.140 e. The lowest BCUT2D eigenvalue weighted by atomic mass is 9.61. The smallest absolute Gasteiger partial charge is 0.140 e. The molecule has 0 fully saturated rings. The molecule has 0 saturated carbocycles. The summed E-state index contributed by atoms with van der Waals surface area (Å²) >= 11 is 0. The highest BCUT2D eigenvalue weighted by Crippen LogP contribution is 2.63. The van der Waals surface area contributed by atoms with E-state index in [1.807, 2.05) is 0 Å². The van der Waals surface area contributed by atoms with Gasteiger partial charge in [0.2, 0.25) is 0 Å². The van der Waals surface area contributed by atoms with Crippen molar-refractivity contribution in [3.63, 3.8) is 0 Å². The van der Waals surface area contributed by atoms with Crippen LogP contribution in [0.15, 0.2) is 188 Å². The topological polar surface area (TPSA) is 23.4 Å². The summed E-state index contributed by atoms with van der Waals surface area (Å²) in [6, 6.07) is 66.9. The van der Waals surface area contributed by atoms with E-state index in [2.05, 4.69) is 193 Å². The van der Waals surface area contributed by atoms with Crippen molar-refractivity contribution in [1.29, 1.82) is 0 Å². The van der Waals surface area contributed by atoms with E-state index in [-0.39, 0.29) is 0 Å². The van der Waals surface area contributed by atoms with Gasteiger partial charge >= 0.3 is 0 Å². The Bertz CT molecular complexity index is 2810. The van der Waals surface area contributed by atoms with Gasteiger partial charge in [-0.3, -0.25) is 0 Å². The molecule has 2 aliphatic rings. The van der Waals surface area contributed by atoms with Crippen molar-refractivity contribution in [2.45, 2.75) is 5.41 Å². The van der Waals surface area contributed by atoms with Crippen molar-refractivity contribution in [2.75, 3.05) is 0 Å². The standard InChI is InChI=1S/C49H31NO2/c1-3-15-32(16-4-1)35-20-13-24-41-47(35)52-48-36(21-14-25-42(48)49(41)39-22-8-11-27-45(39)51-46-28-12-9-23-40(46)49)33-29-30-38-37-19-7-10-26-43(37)50(44(38)31-33)34-17-5-2-6-18-34/h1-31H. The average molecular weight is 666 g/mol. The van der Waals surface area contributed by atoms with Crippen molar-refractivity contribution in [2.24, 2.45) is 0 Å². The quantitative estimate of drug-likeness (QED) is 0.187. The third-order valence-corrected chi connectivity index (χ3v) is 10.9. The molecule has 0 atom stereocenters. The first kappa shape index (κ1) is 28.9. The average Bonchev–Trinajstić information content (AvgIpc) is 3.55. The summed E-state index contributed by atoms with van der Waals surface area (Å²) in [5.74, 6) is 3.42. The third-order valence-electron chi connectivity index (χ3n) is 10.9. The molecule has 0 saturated heterocycles. The fraction of sp³-hybridized carbons (Fsp3) is 0.0204. The number of hydrogen-bond donors (Lipinski definition) is 0. The Balaban J connectivity index is 1.24. The van der Waals surface area contributed by atoms with E-state index in [0.717, 1.165) is 78.7 Å². The van der Waals surface area contributed by atoms with E-state index < -0.39 is 5.41 Å². The Kier molecular flexibility index (Phi) is 6.17. The number of hydrogen-bond acceptors (Lipinski definition) is 2. The van der Waals surface area contributed by atoms with Gasteiger partial charge in [-0.1, -0.05) is 152 Å². The van der Waals surface area contributed by atoms with Crippen LogP contribution in [0.25, 0.3) is 49.7 Å². The normalized spacial score (nSPS) is 13.5. The third kappa shape index (κ3) is 3.96. The first-order valence-corrected chi connectivity index (χ1v) is 17.8. The molecule has 1 aromatic heterocycles. The molecule has 3 nitrogen and oxygen atoms in total. The van der Waals surface area contributed by atoms with Gasteiger partial charge in [0, 0.05) is 49.8 Å². The summed E-state index contributed by atoms with van der Waals surface area (Å²) in [6.45, 7) is 0. The lowest BCUT2D eigenvalue weighted by Crippen LogP contribution is -2.37. The van der Waals surface area contributed by atoms with Crippen LogP contribution in [-0.2, 0) is 5.41 Å². The lowest BCUT2D eigenvalue weighted by Gasteiger charge is -2.45. The second-order valence-electron chi connectivity index (χ2n) is 13.6. The van der Waals surface area contributed by atoms with Gasteiger partial charge in [-0.15, -0.1) is 0 Å². The number of fused-ring (bicyclic) bond motifs is 11. The van der Waals surface area contributed by atoms with E-state index in [4.69, 9.17) is 9.47 Å². The summed E-state index contributed by atoms with van der Waals surface area (Å²) in [4.78, 5) is 0. The minimum atomic E-state index is -0.696. The Morgan fingerprint density at radius 3 is 1.60 bits per heavy atom. The predicted octanol–water partition coefficient (Wildman–Crippen LogP) is 12.7. The molecule has 2 aliphatic heterocycles. The fourth-order valence-corrected chi connectivity index (χ4v) is 8.77. The zero-order chi connectivity index (χ0) is 34.2. The Morgan fingerprint density at radius 1 is 0.365 bits per heavy atom. The highest BCUT2D eigenvalue weighted by atomic mass is 16.5. The van der Waals surface area contributed by atoms with Gasteiger partial charge in [0.15, 0.2) is 0 Å². The van der Waals surface area contributed by atoms with Crippen molar-refractivity contribution >= 4 is 21.8 Å². The van der Waals surface area contributed by atoms with Gasteiger partial charge in [-0.2, -0.15) is 0 Å². The Morgan fingerprint density at radius 2 is 0.904 bits per heavy atom. The second kappa shape index (κ2) is 11.1. The summed E-state index contributed by atoms with van der Waals surface area (Å²) in [7, 11) is 0. The van der Waals surface area contributed by atoms with Crippen molar-refractivity contribution in [1.82, 2.24) is 4.57 Å². The molecule has 8 aromatic carbocycles.